The fraction of sp³-hybridized carbons (Fsp3) is 0.278. The molecule has 0 atom stereocenters. The molecule has 8 nitrogen and oxygen atoms in total. The number of hydrogen-bond acceptors (Lipinski definition) is 5. The monoisotopic (exact) mass is 390 g/mol. The number of urea groups is 1. The van der Waals surface area contributed by atoms with E-state index in [0.717, 1.165) is 11.4 Å². The highest BCUT2D eigenvalue weighted by Crippen LogP contribution is 2.27. The highest BCUT2D eigenvalue weighted by atomic mass is 35.5. The number of benzene rings is 2. The maximum absolute atomic E-state index is 12.4. The Labute approximate surface area is 161 Å². The van der Waals surface area contributed by atoms with Crippen molar-refractivity contribution < 1.29 is 14.5 Å². The first-order valence-electron chi connectivity index (χ1n) is 8.37. The fourth-order valence-corrected chi connectivity index (χ4v) is 3.08. The number of ether oxygens (including phenoxy) is 1. The summed E-state index contributed by atoms with van der Waals surface area (Å²) in [6.07, 6.45) is 0. The van der Waals surface area contributed by atoms with Gasteiger partial charge in [-0.1, -0.05) is 11.6 Å². The van der Waals surface area contributed by atoms with Gasteiger partial charge in [-0.25, -0.2) is 4.79 Å². The Kier molecular flexibility index (Phi) is 5.66. The van der Waals surface area contributed by atoms with E-state index in [-0.39, 0.29) is 16.7 Å². The molecule has 0 bridgehead atoms. The molecule has 0 spiro atoms. The van der Waals surface area contributed by atoms with E-state index in [1.807, 2.05) is 24.3 Å². The van der Waals surface area contributed by atoms with Crippen LogP contribution in [-0.2, 0) is 0 Å². The van der Waals surface area contributed by atoms with Crippen molar-refractivity contribution in [2.24, 2.45) is 0 Å². The Morgan fingerprint density at radius 3 is 2.41 bits per heavy atom. The topological polar surface area (TPSA) is 88.0 Å². The number of nitrogens with one attached hydrogen (secondary N) is 1. The van der Waals surface area contributed by atoms with Crippen LogP contribution in [0, 0.1) is 10.1 Å². The van der Waals surface area contributed by atoms with E-state index in [4.69, 9.17) is 16.3 Å². The van der Waals surface area contributed by atoms with Crippen molar-refractivity contribution in [1.82, 2.24) is 4.90 Å². The quantitative estimate of drug-likeness (QED) is 0.636. The molecule has 1 fully saturated rings. The molecule has 1 N–H and O–H groups in total. The van der Waals surface area contributed by atoms with Crippen LogP contribution in [0.3, 0.4) is 0 Å². The third-order valence-corrected chi connectivity index (χ3v) is 4.72. The molecule has 0 aliphatic carbocycles. The molecule has 1 aliphatic rings. The SMILES string of the molecule is COc1ccc(N2CCN(C(=O)Nc3ccc(Cl)c([N+](=O)[O-])c3)CC2)cc1. The van der Waals surface area contributed by atoms with Gasteiger partial charge in [-0.15, -0.1) is 0 Å². The van der Waals surface area contributed by atoms with E-state index in [2.05, 4.69) is 10.2 Å². The van der Waals surface area contributed by atoms with E-state index in [1.165, 1.54) is 12.1 Å². The van der Waals surface area contributed by atoms with Gasteiger partial charge in [0, 0.05) is 43.6 Å². The number of nitro groups is 1. The van der Waals surface area contributed by atoms with Crippen LogP contribution in [0.5, 0.6) is 5.75 Å². The Morgan fingerprint density at radius 1 is 1.15 bits per heavy atom. The number of rotatable bonds is 4. The van der Waals surface area contributed by atoms with Gasteiger partial charge in [0.1, 0.15) is 10.8 Å². The lowest BCUT2D eigenvalue weighted by Gasteiger charge is -2.36. The molecule has 1 heterocycles. The Hall–Kier alpha value is -3.00. The molecule has 0 saturated carbocycles. The highest BCUT2D eigenvalue weighted by molar-refractivity contribution is 6.32. The Morgan fingerprint density at radius 2 is 1.81 bits per heavy atom. The van der Waals surface area contributed by atoms with Gasteiger partial charge in [-0.3, -0.25) is 10.1 Å². The van der Waals surface area contributed by atoms with E-state index in [9.17, 15) is 14.9 Å². The zero-order valence-corrected chi connectivity index (χ0v) is 15.5. The number of carbonyl (C=O) groups excluding carboxylic acids is 1. The number of nitro benzene ring substituents is 1. The van der Waals surface area contributed by atoms with Crippen LogP contribution in [-0.4, -0.2) is 49.1 Å². The summed E-state index contributed by atoms with van der Waals surface area (Å²) in [5, 5.41) is 13.7. The first-order chi connectivity index (χ1) is 13.0. The zero-order chi connectivity index (χ0) is 19.4. The summed E-state index contributed by atoms with van der Waals surface area (Å²) in [5.41, 5.74) is 1.18. The van der Waals surface area contributed by atoms with Crippen molar-refractivity contribution in [3.63, 3.8) is 0 Å². The standard InChI is InChI=1S/C18H19ClN4O4/c1-27-15-5-3-14(4-6-15)21-8-10-22(11-9-21)18(24)20-13-2-7-16(19)17(12-13)23(25)26/h2-7,12H,8-11H2,1H3,(H,20,24). The number of carbonyl (C=O) groups is 1. The van der Waals surface area contributed by atoms with Crippen molar-refractivity contribution in [3.05, 3.63) is 57.6 Å². The fourth-order valence-electron chi connectivity index (χ4n) is 2.89. The van der Waals surface area contributed by atoms with E-state index < -0.39 is 4.92 Å². The lowest BCUT2D eigenvalue weighted by atomic mass is 10.2. The van der Waals surface area contributed by atoms with Crippen molar-refractivity contribution in [2.75, 3.05) is 43.5 Å². The van der Waals surface area contributed by atoms with E-state index >= 15 is 0 Å². The Balaban J connectivity index is 1.58. The summed E-state index contributed by atoms with van der Waals surface area (Å²) in [6.45, 7) is 2.49. The predicted octanol–water partition coefficient (Wildman–Crippen LogP) is 3.61. The van der Waals surface area contributed by atoms with Crippen molar-refractivity contribution >= 4 is 34.7 Å². The number of hydrogen-bond donors (Lipinski definition) is 1. The summed E-state index contributed by atoms with van der Waals surface area (Å²) < 4.78 is 5.16. The molecule has 3 rings (SSSR count). The van der Waals surface area contributed by atoms with Gasteiger partial charge in [-0.2, -0.15) is 0 Å². The second-order valence-corrected chi connectivity index (χ2v) is 6.43. The molecule has 0 aromatic heterocycles. The summed E-state index contributed by atoms with van der Waals surface area (Å²) in [6, 6.07) is 11.7. The van der Waals surface area contributed by atoms with Crippen molar-refractivity contribution in [2.45, 2.75) is 0 Å². The van der Waals surface area contributed by atoms with Crippen LogP contribution in [0.25, 0.3) is 0 Å². The molecular formula is C18H19ClN4O4. The van der Waals surface area contributed by atoms with Crippen LogP contribution >= 0.6 is 11.6 Å². The van der Waals surface area contributed by atoms with Crippen LogP contribution in [0.2, 0.25) is 5.02 Å². The predicted molar refractivity (Wildman–Crippen MR) is 104 cm³/mol. The highest BCUT2D eigenvalue weighted by Gasteiger charge is 2.22. The normalized spacial score (nSPS) is 14.0. The maximum Gasteiger partial charge on any atom is 0.321 e. The minimum atomic E-state index is -0.578. The molecule has 1 saturated heterocycles. The van der Waals surface area contributed by atoms with Crippen LogP contribution in [0.1, 0.15) is 0 Å². The largest absolute Gasteiger partial charge is 0.497 e. The molecule has 2 aromatic carbocycles. The van der Waals surface area contributed by atoms with Gasteiger partial charge in [0.2, 0.25) is 0 Å². The lowest BCUT2D eigenvalue weighted by molar-refractivity contribution is -0.384. The van der Waals surface area contributed by atoms with E-state index in [1.54, 1.807) is 18.1 Å². The number of piperazine rings is 1. The molecular weight excluding hydrogens is 372 g/mol. The number of amides is 2. The average molecular weight is 391 g/mol. The van der Waals surface area contributed by atoms with Crippen LogP contribution in [0.15, 0.2) is 42.5 Å². The Bertz CT molecular complexity index is 836. The minimum Gasteiger partial charge on any atom is -0.497 e. The molecule has 0 radical (unpaired) electrons. The summed E-state index contributed by atoms with van der Waals surface area (Å²) >= 11 is 5.79. The molecule has 2 amide bonds. The first kappa shape index (κ1) is 18.8. The molecule has 0 unspecified atom stereocenters. The minimum absolute atomic E-state index is 0.0334. The van der Waals surface area contributed by atoms with Gasteiger partial charge < -0.3 is 19.9 Å². The van der Waals surface area contributed by atoms with Crippen LogP contribution < -0.4 is 15.0 Å². The molecule has 27 heavy (non-hydrogen) atoms. The second-order valence-electron chi connectivity index (χ2n) is 6.03. The van der Waals surface area contributed by atoms with Gasteiger partial charge in [0.05, 0.1) is 12.0 Å². The number of methoxy groups -OCH3 is 1. The molecule has 142 valence electrons. The van der Waals surface area contributed by atoms with Gasteiger partial charge in [0.15, 0.2) is 0 Å². The van der Waals surface area contributed by atoms with Crippen molar-refractivity contribution in [1.29, 1.82) is 0 Å². The second kappa shape index (κ2) is 8.13. The molecule has 9 heteroatoms. The number of nitrogens with zero attached hydrogens (tertiary/aromatic N) is 3. The number of halogens is 1. The van der Waals surface area contributed by atoms with Gasteiger partial charge in [0.25, 0.3) is 5.69 Å². The maximum atomic E-state index is 12.4. The molecule has 1 aliphatic heterocycles. The first-order valence-corrected chi connectivity index (χ1v) is 8.74. The summed E-state index contributed by atoms with van der Waals surface area (Å²) in [7, 11) is 1.63. The van der Waals surface area contributed by atoms with Crippen LogP contribution in [0.4, 0.5) is 21.9 Å². The van der Waals surface area contributed by atoms with Gasteiger partial charge in [-0.05, 0) is 36.4 Å². The smallest absolute Gasteiger partial charge is 0.321 e. The third-order valence-electron chi connectivity index (χ3n) is 4.40. The summed E-state index contributed by atoms with van der Waals surface area (Å²) in [4.78, 5) is 26.7. The number of anilines is 2. The molecule has 2 aromatic rings. The van der Waals surface area contributed by atoms with Gasteiger partial charge >= 0.3 is 6.03 Å². The van der Waals surface area contributed by atoms with E-state index in [0.29, 0.717) is 31.9 Å². The average Bonchev–Trinajstić information content (AvgIpc) is 2.69. The lowest BCUT2D eigenvalue weighted by Crippen LogP contribution is -2.50. The van der Waals surface area contributed by atoms with Crippen molar-refractivity contribution in [3.8, 4) is 5.75 Å². The zero-order valence-electron chi connectivity index (χ0n) is 14.7. The summed E-state index contributed by atoms with van der Waals surface area (Å²) in [5.74, 6) is 0.800. The third kappa shape index (κ3) is 4.40.